The number of hydrogen-bond donors (Lipinski definition) is 1. The van der Waals surface area contributed by atoms with E-state index < -0.39 is 0 Å². The van der Waals surface area contributed by atoms with Crippen molar-refractivity contribution < 1.29 is 0 Å². The van der Waals surface area contributed by atoms with Gasteiger partial charge in [-0.1, -0.05) is 41.9 Å². The molecule has 130 valence electrons. The Hall–Kier alpha value is -2.63. The van der Waals surface area contributed by atoms with E-state index in [0.29, 0.717) is 28.0 Å². The van der Waals surface area contributed by atoms with Crippen molar-refractivity contribution in [3.63, 3.8) is 0 Å². The number of nitrogens with zero attached hydrogens (tertiary/aromatic N) is 2. The lowest BCUT2D eigenvalue weighted by Gasteiger charge is -2.17. The fourth-order valence-electron chi connectivity index (χ4n) is 3.29. The van der Waals surface area contributed by atoms with Gasteiger partial charge in [-0.25, -0.2) is 4.98 Å². The number of anilines is 1. The van der Waals surface area contributed by atoms with E-state index in [1.54, 1.807) is 4.57 Å². The summed E-state index contributed by atoms with van der Waals surface area (Å²) in [5.74, 6) is 0. The molecular formula is C20H16ClN3OS. The molecule has 0 aliphatic heterocycles. The SMILES string of the molecule is CCn1c(=O)c(-c2csc(N)n2)c(-c2ccccc2)c2cc(Cl)ccc21. The second-order valence-electron chi connectivity index (χ2n) is 5.90. The van der Waals surface area contributed by atoms with Gasteiger partial charge in [-0.3, -0.25) is 4.79 Å². The molecule has 0 aliphatic carbocycles. The second kappa shape index (κ2) is 6.59. The largest absolute Gasteiger partial charge is 0.375 e. The fraction of sp³-hybridized carbons (Fsp3) is 0.100. The molecular weight excluding hydrogens is 366 g/mol. The lowest BCUT2D eigenvalue weighted by Crippen LogP contribution is -2.22. The lowest BCUT2D eigenvalue weighted by atomic mass is 9.94. The molecule has 2 heterocycles. The molecule has 4 nitrogen and oxygen atoms in total. The van der Waals surface area contributed by atoms with Crippen molar-refractivity contribution in [1.82, 2.24) is 9.55 Å². The van der Waals surface area contributed by atoms with Crippen LogP contribution in [0.5, 0.6) is 0 Å². The molecule has 2 aromatic heterocycles. The minimum atomic E-state index is -0.0773. The maximum Gasteiger partial charge on any atom is 0.261 e. The van der Waals surface area contributed by atoms with Crippen LogP contribution in [0.25, 0.3) is 33.3 Å². The zero-order chi connectivity index (χ0) is 18.3. The highest BCUT2D eigenvalue weighted by molar-refractivity contribution is 7.13. The van der Waals surface area contributed by atoms with Crippen LogP contribution in [0.4, 0.5) is 5.13 Å². The van der Waals surface area contributed by atoms with Gasteiger partial charge in [0.2, 0.25) is 0 Å². The summed E-state index contributed by atoms with van der Waals surface area (Å²) in [6.45, 7) is 2.51. The average Bonchev–Trinajstić information content (AvgIpc) is 3.07. The number of aromatic nitrogens is 2. The number of fused-ring (bicyclic) bond motifs is 1. The number of hydrogen-bond acceptors (Lipinski definition) is 4. The molecule has 6 heteroatoms. The molecule has 2 N–H and O–H groups in total. The molecule has 0 spiro atoms. The summed E-state index contributed by atoms with van der Waals surface area (Å²) in [4.78, 5) is 17.7. The molecule has 4 aromatic rings. The molecule has 0 aliphatic rings. The van der Waals surface area contributed by atoms with E-state index in [0.717, 1.165) is 22.0 Å². The molecule has 0 amide bonds. The highest BCUT2D eigenvalue weighted by Crippen LogP contribution is 2.37. The van der Waals surface area contributed by atoms with E-state index in [-0.39, 0.29) is 5.56 Å². The van der Waals surface area contributed by atoms with Gasteiger partial charge < -0.3 is 10.3 Å². The zero-order valence-electron chi connectivity index (χ0n) is 14.1. The third-order valence-corrected chi connectivity index (χ3v) is 5.29. The molecule has 0 atom stereocenters. The Balaban J connectivity index is 2.24. The quantitative estimate of drug-likeness (QED) is 0.540. The summed E-state index contributed by atoms with van der Waals surface area (Å²) in [5, 5.41) is 3.81. The van der Waals surface area contributed by atoms with E-state index in [2.05, 4.69) is 4.98 Å². The summed E-state index contributed by atoms with van der Waals surface area (Å²) in [5.41, 5.74) is 9.55. The minimum absolute atomic E-state index is 0.0773. The fourth-order valence-corrected chi connectivity index (χ4v) is 4.01. The Bertz CT molecular complexity index is 1170. The Morgan fingerprint density at radius 3 is 2.58 bits per heavy atom. The third kappa shape index (κ3) is 2.69. The standard InChI is InChI=1S/C20H16ClN3OS/c1-2-24-16-9-8-13(21)10-14(16)17(12-6-4-3-5-7-12)18(19(24)25)15-11-26-20(22)23-15/h3-11H,2H2,1H3,(H2,22,23). The second-order valence-corrected chi connectivity index (χ2v) is 7.22. The van der Waals surface area contributed by atoms with Crippen LogP contribution in [0.1, 0.15) is 6.92 Å². The van der Waals surface area contributed by atoms with Crippen LogP contribution >= 0.6 is 22.9 Å². The Labute approximate surface area is 159 Å². The summed E-state index contributed by atoms with van der Waals surface area (Å²) in [6.07, 6.45) is 0. The molecule has 4 rings (SSSR count). The number of aryl methyl sites for hydroxylation is 1. The molecule has 0 unspecified atom stereocenters. The number of halogens is 1. The number of nitrogen functional groups attached to an aromatic ring is 1. The van der Waals surface area contributed by atoms with Crippen molar-refractivity contribution in [2.45, 2.75) is 13.5 Å². The van der Waals surface area contributed by atoms with Gasteiger partial charge in [0, 0.05) is 27.9 Å². The smallest absolute Gasteiger partial charge is 0.261 e. The number of nitrogens with two attached hydrogens (primary N) is 1. The molecule has 2 aromatic carbocycles. The highest BCUT2D eigenvalue weighted by Gasteiger charge is 2.21. The van der Waals surface area contributed by atoms with Crippen molar-refractivity contribution >= 4 is 39.0 Å². The van der Waals surface area contributed by atoms with Gasteiger partial charge in [0.1, 0.15) is 0 Å². The predicted octanol–water partition coefficient (Wildman–Crippen LogP) is 5.05. The molecule has 0 fully saturated rings. The number of thiazole rings is 1. The van der Waals surface area contributed by atoms with Crippen molar-refractivity contribution in [3.05, 3.63) is 69.3 Å². The van der Waals surface area contributed by atoms with Gasteiger partial charge in [-0.05, 0) is 30.7 Å². The summed E-state index contributed by atoms with van der Waals surface area (Å²) < 4.78 is 1.75. The molecule has 26 heavy (non-hydrogen) atoms. The first-order chi connectivity index (χ1) is 12.6. The topological polar surface area (TPSA) is 60.9 Å². The molecule has 0 saturated carbocycles. The van der Waals surface area contributed by atoms with Gasteiger partial charge in [-0.15, -0.1) is 11.3 Å². The van der Waals surface area contributed by atoms with Gasteiger partial charge in [-0.2, -0.15) is 0 Å². The van der Waals surface area contributed by atoms with Crippen molar-refractivity contribution in [3.8, 4) is 22.4 Å². The van der Waals surface area contributed by atoms with Crippen molar-refractivity contribution in [2.75, 3.05) is 5.73 Å². The van der Waals surface area contributed by atoms with E-state index >= 15 is 0 Å². The summed E-state index contributed by atoms with van der Waals surface area (Å²) >= 11 is 7.62. The van der Waals surface area contributed by atoms with Crippen molar-refractivity contribution in [2.24, 2.45) is 0 Å². The first-order valence-corrected chi connectivity index (χ1v) is 9.48. The molecule has 0 saturated heterocycles. The highest BCUT2D eigenvalue weighted by atomic mass is 35.5. The van der Waals surface area contributed by atoms with Crippen LogP contribution in [0.15, 0.2) is 58.7 Å². The number of benzene rings is 2. The van der Waals surface area contributed by atoms with Crippen LogP contribution in [0.2, 0.25) is 5.02 Å². The zero-order valence-corrected chi connectivity index (χ0v) is 15.6. The Kier molecular flexibility index (Phi) is 4.26. The van der Waals surface area contributed by atoms with Gasteiger partial charge in [0.15, 0.2) is 5.13 Å². The monoisotopic (exact) mass is 381 g/mol. The maximum absolute atomic E-state index is 13.4. The summed E-state index contributed by atoms with van der Waals surface area (Å²) in [6, 6.07) is 15.5. The van der Waals surface area contributed by atoms with Crippen molar-refractivity contribution in [1.29, 1.82) is 0 Å². The van der Waals surface area contributed by atoms with Gasteiger partial charge in [0.05, 0.1) is 16.8 Å². The minimum Gasteiger partial charge on any atom is -0.375 e. The number of pyridine rings is 1. The van der Waals surface area contributed by atoms with Crippen LogP contribution in [-0.4, -0.2) is 9.55 Å². The maximum atomic E-state index is 13.4. The van der Waals surface area contributed by atoms with Crippen LogP contribution in [-0.2, 0) is 6.54 Å². The lowest BCUT2D eigenvalue weighted by molar-refractivity contribution is 0.761. The van der Waals surface area contributed by atoms with Crippen LogP contribution in [0, 0.1) is 0 Å². The first-order valence-electron chi connectivity index (χ1n) is 8.23. The molecule has 0 radical (unpaired) electrons. The van der Waals surface area contributed by atoms with E-state index in [4.69, 9.17) is 17.3 Å². The Morgan fingerprint density at radius 2 is 1.92 bits per heavy atom. The van der Waals surface area contributed by atoms with E-state index in [9.17, 15) is 4.79 Å². The van der Waals surface area contributed by atoms with Crippen LogP contribution < -0.4 is 11.3 Å². The first kappa shape index (κ1) is 16.8. The van der Waals surface area contributed by atoms with Gasteiger partial charge >= 0.3 is 0 Å². The Morgan fingerprint density at radius 1 is 1.15 bits per heavy atom. The normalized spacial score (nSPS) is 11.2. The summed E-state index contributed by atoms with van der Waals surface area (Å²) in [7, 11) is 0. The number of rotatable bonds is 3. The average molecular weight is 382 g/mol. The van der Waals surface area contributed by atoms with E-state index in [1.165, 1.54) is 11.3 Å². The predicted molar refractivity (Wildman–Crippen MR) is 110 cm³/mol. The molecule has 0 bridgehead atoms. The van der Waals surface area contributed by atoms with Gasteiger partial charge in [0.25, 0.3) is 5.56 Å². The third-order valence-electron chi connectivity index (χ3n) is 4.38. The van der Waals surface area contributed by atoms with Crippen LogP contribution in [0.3, 0.4) is 0 Å². The van der Waals surface area contributed by atoms with E-state index in [1.807, 2.05) is 60.8 Å².